The van der Waals surface area contributed by atoms with E-state index < -0.39 is 56.3 Å². The summed E-state index contributed by atoms with van der Waals surface area (Å²) >= 11 is 6.59. The van der Waals surface area contributed by atoms with Gasteiger partial charge in [-0.2, -0.15) is 9.97 Å². The smallest absolute Gasteiger partial charge is 0.414 e. The van der Waals surface area contributed by atoms with E-state index in [0.717, 1.165) is 15.9 Å². The van der Waals surface area contributed by atoms with Crippen LogP contribution in [0.5, 0.6) is 0 Å². The van der Waals surface area contributed by atoms with Crippen LogP contribution in [-0.2, 0) is 13.9 Å². The van der Waals surface area contributed by atoms with Crippen molar-refractivity contribution < 1.29 is 23.5 Å². The predicted octanol–water partition coefficient (Wildman–Crippen LogP) is 7.14. The van der Waals surface area contributed by atoms with E-state index in [0.29, 0.717) is 23.1 Å². The van der Waals surface area contributed by atoms with Crippen LogP contribution in [0, 0.1) is 11.3 Å². The maximum atomic E-state index is 13.7. The fraction of sp³-hybridized carbons (Fsp3) is 0.325. The molecule has 0 bridgehead atoms. The van der Waals surface area contributed by atoms with Gasteiger partial charge < -0.3 is 18.5 Å². The molecule has 4 atom stereocenters. The number of ether oxygens (including phenoxy) is 2. The number of esters is 1. The van der Waals surface area contributed by atoms with E-state index in [9.17, 15) is 9.59 Å². The highest BCUT2D eigenvalue weighted by atomic mass is 35.5. The molecule has 0 aliphatic heterocycles. The van der Waals surface area contributed by atoms with Gasteiger partial charge in [-0.05, 0) is 54.3 Å². The summed E-state index contributed by atoms with van der Waals surface area (Å²) in [5.74, 6) is -0.869. The van der Waals surface area contributed by atoms with Crippen molar-refractivity contribution in [1.82, 2.24) is 19.5 Å². The molecule has 1 saturated carbocycles. The van der Waals surface area contributed by atoms with Gasteiger partial charge in [-0.3, -0.25) is 5.32 Å². The Bertz CT molecular complexity index is 2010. The third kappa shape index (κ3) is 8.27. The van der Waals surface area contributed by atoms with Crippen molar-refractivity contribution in [3.8, 4) is 0 Å². The summed E-state index contributed by atoms with van der Waals surface area (Å²) in [7, 11) is -2.27. The summed E-state index contributed by atoms with van der Waals surface area (Å²) in [5, 5.41) is 4.93. The lowest BCUT2D eigenvalue weighted by Gasteiger charge is -2.40. The number of aromatic nitrogens is 4. The van der Waals surface area contributed by atoms with Gasteiger partial charge in [-0.1, -0.05) is 118 Å². The van der Waals surface area contributed by atoms with Crippen LogP contribution in [0.25, 0.3) is 11.2 Å². The molecule has 3 aromatic carbocycles. The first-order valence-electron chi connectivity index (χ1n) is 17.3. The predicted molar refractivity (Wildman–Crippen MR) is 206 cm³/mol. The summed E-state index contributed by atoms with van der Waals surface area (Å²) in [4.78, 5) is 39.7. The number of carbonyl (C=O) groups excluding carboxylic acids is 2. The largest absolute Gasteiger partial charge is 0.458 e. The Kier molecular flexibility index (Phi) is 10.7. The first kappa shape index (κ1) is 36.9. The fourth-order valence-electron chi connectivity index (χ4n) is 6.70. The number of benzene rings is 3. The maximum absolute atomic E-state index is 13.7. The molecular weight excluding hydrogens is 694 g/mol. The number of nitrogens with one attached hydrogen (secondary N) is 1. The molecule has 1 unspecified atom stereocenters. The molecule has 0 radical (unpaired) electrons. The van der Waals surface area contributed by atoms with Gasteiger partial charge in [0.2, 0.25) is 15.0 Å². The molecule has 2 heterocycles. The van der Waals surface area contributed by atoms with Gasteiger partial charge in [-0.15, -0.1) is 0 Å². The standard InChI is InChI=1S/C40H44ClN5O5Si/c1-25-29(46-24-42-32-34(41)43-37(44-35(32)46)45-38(48)50-40(5,6)7)23-30(49-36(47)26-17-11-8-12-18-26)31(25)33(39(2,3)4)51-52(27-19-13-9-14-20-27)28-21-15-10-16-22-28/h8-22,24,29-31,33,52H,1,23H2,2-7H3,(H,43,44,45,48)/t29-,30-,31+,33?/m0/s1. The zero-order valence-corrected chi connectivity index (χ0v) is 32.2. The van der Waals surface area contributed by atoms with Crippen molar-refractivity contribution >= 4 is 60.2 Å². The maximum Gasteiger partial charge on any atom is 0.414 e. The van der Waals surface area contributed by atoms with Crippen molar-refractivity contribution in [3.05, 3.63) is 120 Å². The van der Waals surface area contributed by atoms with Crippen molar-refractivity contribution in [2.24, 2.45) is 11.3 Å². The number of fused-ring (bicyclic) bond motifs is 1. The lowest BCUT2D eigenvalue weighted by molar-refractivity contribution is -0.0215. The van der Waals surface area contributed by atoms with Crippen molar-refractivity contribution in [3.63, 3.8) is 0 Å². The van der Waals surface area contributed by atoms with Gasteiger partial charge in [0.25, 0.3) is 0 Å². The number of rotatable bonds is 9. The molecule has 270 valence electrons. The Morgan fingerprint density at radius 1 is 0.904 bits per heavy atom. The topological polar surface area (TPSA) is 117 Å². The van der Waals surface area contributed by atoms with Crippen LogP contribution < -0.4 is 15.7 Å². The van der Waals surface area contributed by atoms with Gasteiger partial charge in [-0.25, -0.2) is 14.6 Å². The van der Waals surface area contributed by atoms with Crippen molar-refractivity contribution in [2.45, 2.75) is 71.8 Å². The van der Waals surface area contributed by atoms with E-state index >= 15 is 0 Å². The summed E-state index contributed by atoms with van der Waals surface area (Å²) in [6, 6.07) is 29.2. The van der Waals surface area contributed by atoms with Gasteiger partial charge in [0.05, 0.1) is 24.0 Å². The Balaban J connectivity index is 1.41. The van der Waals surface area contributed by atoms with Crippen molar-refractivity contribution in [2.75, 3.05) is 5.32 Å². The Morgan fingerprint density at radius 2 is 1.48 bits per heavy atom. The van der Waals surface area contributed by atoms with Gasteiger partial charge in [0.1, 0.15) is 17.2 Å². The van der Waals surface area contributed by atoms with Gasteiger partial charge in [0, 0.05) is 12.3 Å². The average molecular weight is 738 g/mol. The first-order chi connectivity index (χ1) is 24.7. The van der Waals surface area contributed by atoms with Crippen LogP contribution in [0.3, 0.4) is 0 Å². The summed E-state index contributed by atoms with van der Waals surface area (Å²) in [5.41, 5.74) is 0.874. The van der Waals surface area contributed by atoms with E-state index in [4.69, 9.17) is 25.5 Å². The monoisotopic (exact) mass is 737 g/mol. The molecule has 1 aliphatic carbocycles. The molecule has 0 saturated heterocycles. The molecule has 0 spiro atoms. The Hall–Kier alpha value is -4.84. The molecule has 2 aromatic heterocycles. The quantitative estimate of drug-likeness (QED) is 0.0735. The summed E-state index contributed by atoms with van der Waals surface area (Å²) in [6.45, 7) is 16.4. The molecule has 6 rings (SSSR count). The van der Waals surface area contributed by atoms with E-state index in [2.05, 4.69) is 71.9 Å². The first-order valence-corrected chi connectivity index (χ1v) is 19.3. The molecule has 1 aliphatic rings. The number of halogens is 1. The van der Waals surface area contributed by atoms with Crippen LogP contribution >= 0.6 is 11.6 Å². The second kappa shape index (κ2) is 15.0. The third-order valence-corrected chi connectivity index (χ3v) is 11.8. The van der Waals surface area contributed by atoms with Crippen LogP contribution in [0.4, 0.5) is 10.7 Å². The molecule has 1 fully saturated rings. The number of hydrogen-bond acceptors (Lipinski definition) is 8. The van der Waals surface area contributed by atoms with E-state index in [1.54, 1.807) is 39.2 Å². The Morgan fingerprint density at radius 3 is 2.04 bits per heavy atom. The lowest BCUT2D eigenvalue weighted by atomic mass is 9.78. The highest BCUT2D eigenvalue weighted by molar-refractivity contribution is 6.80. The van der Waals surface area contributed by atoms with Gasteiger partial charge in [0.15, 0.2) is 10.8 Å². The molecule has 52 heavy (non-hydrogen) atoms. The second-order valence-corrected chi connectivity index (χ2v) is 17.8. The van der Waals surface area contributed by atoms with Crippen LogP contribution in [0.1, 0.15) is 64.4 Å². The minimum Gasteiger partial charge on any atom is -0.458 e. The normalized spacial score (nSPS) is 18.4. The number of carbonyl (C=O) groups is 2. The SMILES string of the molecule is C=C1[C@@H](C(O[SiH](c2ccccc2)c2ccccc2)C(C)(C)C)[C@@H](OC(=O)c2ccccc2)C[C@@H]1n1cnc2c(Cl)nc(NC(=O)OC(C)(C)C)nc21. The summed E-state index contributed by atoms with van der Waals surface area (Å²) < 4.78 is 21.1. The lowest BCUT2D eigenvalue weighted by Crippen LogP contribution is -2.53. The zero-order chi connectivity index (χ0) is 37.2. The molecule has 5 aromatic rings. The van der Waals surface area contributed by atoms with Crippen LogP contribution in [0.2, 0.25) is 5.15 Å². The summed E-state index contributed by atoms with van der Waals surface area (Å²) in [6.07, 6.45) is 0.281. The fourth-order valence-corrected chi connectivity index (χ4v) is 9.63. The Labute approximate surface area is 310 Å². The molecule has 1 amide bonds. The molecule has 12 heteroatoms. The van der Waals surface area contributed by atoms with E-state index in [-0.39, 0.29) is 11.1 Å². The number of anilines is 1. The van der Waals surface area contributed by atoms with Gasteiger partial charge >= 0.3 is 12.1 Å². The molecule has 1 N–H and O–H groups in total. The molecular formula is C40H44ClN5O5Si. The van der Waals surface area contributed by atoms with E-state index in [1.807, 2.05) is 59.2 Å². The number of nitrogens with zero attached hydrogens (tertiary/aromatic N) is 4. The zero-order valence-electron chi connectivity index (χ0n) is 30.2. The molecule has 10 nitrogen and oxygen atoms in total. The minimum atomic E-state index is -2.27. The van der Waals surface area contributed by atoms with Crippen LogP contribution in [0.15, 0.2) is 109 Å². The van der Waals surface area contributed by atoms with E-state index in [1.165, 1.54) is 0 Å². The average Bonchev–Trinajstić information content (AvgIpc) is 3.65. The number of amides is 1. The van der Waals surface area contributed by atoms with Crippen LogP contribution in [-0.4, -0.2) is 58.4 Å². The minimum absolute atomic E-state index is 0.0313. The number of imidazole rings is 1. The van der Waals surface area contributed by atoms with Crippen molar-refractivity contribution in [1.29, 1.82) is 0 Å². The number of hydrogen-bond donors (Lipinski definition) is 1. The highest BCUT2D eigenvalue weighted by Gasteiger charge is 2.50. The highest BCUT2D eigenvalue weighted by Crippen LogP contribution is 2.48. The second-order valence-electron chi connectivity index (χ2n) is 15.1. The third-order valence-electron chi connectivity index (χ3n) is 8.97.